The normalized spacial score (nSPS) is 23.4. The Kier molecular flexibility index (Phi) is 4.02. The molecule has 14 heavy (non-hydrogen) atoms. The van der Waals surface area contributed by atoms with E-state index in [2.05, 4.69) is 32.7 Å². The first-order valence-corrected chi connectivity index (χ1v) is 6.96. The Balaban J connectivity index is 1.92. The summed E-state index contributed by atoms with van der Waals surface area (Å²) in [5, 5.41) is 5.69. The van der Waals surface area contributed by atoms with E-state index < -0.39 is 0 Å². The van der Waals surface area contributed by atoms with Crippen LogP contribution in [0.2, 0.25) is 0 Å². The van der Waals surface area contributed by atoms with Gasteiger partial charge in [-0.25, -0.2) is 0 Å². The van der Waals surface area contributed by atoms with Gasteiger partial charge in [0.2, 0.25) is 0 Å². The van der Waals surface area contributed by atoms with Crippen molar-refractivity contribution in [3.8, 4) is 0 Å². The molecule has 2 rings (SSSR count). The van der Waals surface area contributed by atoms with Gasteiger partial charge in [0.05, 0.1) is 0 Å². The van der Waals surface area contributed by atoms with Crippen LogP contribution in [0.3, 0.4) is 0 Å². The number of nitrogens with one attached hydrogen (secondary N) is 1. The van der Waals surface area contributed by atoms with E-state index >= 15 is 0 Å². The van der Waals surface area contributed by atoms with Crippen molar-refractivity contribution in [3.05, 3.63) is 20.8 Å². The predicted octanol–water partition coefficient (Wildman–Crippen LogP) is 3.44. The van der Waals surface area contributed by atoms with Crippen LogP contribution in [-0.2, 0) is 6.42 Å². The van der Waals surface area contributed by atoms with Crippen LogP contribution in [0.5, 0.6) is 0 Å². The minimum Gasteiger partial charge on any atom is -0.316 e. The van der Waals surface area contributed by atoms with Crippen LogP contribution in [0.25, 0.3) is 0 Å². The summed E-state index contributed by atoms with van der Waals surface area (Å²) in [6.07, 6.45) is 5.37. The summed E-state index contributed by atoms with van der Waals surface area (Å²) in [7, 11) is 0. The van der Waals surface area contributed by atoms with Crippen LogP contribution in [-0.4, -0.2) is 13.1 Å². The number of rotatable bonds is 2. The summed E-state index contributed by atoms with van der Waals surface area (Å²) in [5.74, 6) is 0.840. The average molecular weight is 274 g/mol. The number of hydrogen-bond donors (Lipinski definition) is 1. The molecule has 2 heterocycles. The fraction of sp³-hybridized carbons (Fsp3) is 0.636. The standard InChI is InChI=1S/C11H16BrNS/c12-10-4-6-14-11(10)7-9-3-1-2-5-13-8-9/h4,6,9,13H,1-3,5,7-8H2. The molecule has 3 heteroatoms. The third kappa shape index (κ3) is 2.81. The molecule has 0 aromatic carbocycles. The van der Waals surface area contributed by atoms with Crippen molar-refractivity contribution in [2.75, 3.05) is 13.1 Å². The molecule has 1 aliphatic rings. The fourth-order valence-electron chi connectivity index (χ4n) is 2.00. The van der Waals surface area contributed by atoms with E-state index in [1.165, 1.54) is 48.1 Å². The van der Waals surface area contributed by atoms with E-state index in [0.29, 0.717) is 0 Å². The smallest absolute Gasteiger partial charge is 0.0314 e. The largest absolute Gasteiger partial charge is 0.316 e. The van der Waals surface area contributed by atoms with Crippen LogP contribution in [0.4, 0.5) is 0 Å². The molecule has 1 N–H and O–H groups in total. The van der Waals surface area contributed by atoms with Gasteiger partial charge in [0.15, 0.2) is 0 Å². The molecule has 0 amide bonds. The first-order chi connectivity index (χ1) is 6.86. The Morgan fingerprint density at radius 3 is 3.21 bits per heavy atom. The van der Waals surface area contributed by atoms with Crippen molar-refractivity contribution in [3.63, 3.8) is 0 Å². The van der Waals surface area contributed by atoms with Gasteiger partial charge in [-0.1, -0.05) is 6.42 Å². The van der Waals surface area contributed by atoms with E-state index in [4.69, 9.17) is 0 Å². The van der Waals surface area contributed by atoms with Crippen molar-refractivity contribution >= 4 is 27.3 Å². The summed E-state index contributed by atoms with van der Waals surface area (Å²) in [4.78, 5) is 1.51. The van der Waals surface area contributed by atoms with Crippen LogP contribution < -0.4 is 5.32 Å². The molecule has 0 aliphatic carbocycles. The molecule has 1 fully saturated rings. The molecule has 1 aliphatic heterocycles. The number of hydrogen-bond acceptors (Lipinski definition) is 2. The average Bonchev–Trinajstić information content (AvgIpc) is 2.44. The summed E-state index contributed by atoms with van der Waals surface area (Å²) < 4.78 is 1.30. The molecule has 1 nitrogen and oxygen atoms in total. The lowest BCUT2D eigenvalue weighted by Crippen LogP contribution is -2.21. The topological polar surface area (TPSA) is 12.0 Å². The van der Waals surface area contributed by atoms with Gasteiger partial charge in [0, 0.05) is 9.35 Å². The van der Waals surface area contributed by atoms with Gasteiger partial charge in [0.25, 0.3) is 0 Å². The van der Waals surface area contributed by atoms with Crippen molar-refractivity contribution < 1.29 is 0 Å². The monoisotopic (exact) mass is 273 g/mol. The first kappa shape index (κ1) is 10.7. The fourth-order valence-corrected chi connectivity index (χ4v) is 3.63. The lowest BCUT2D eigenvalue weighted by atomic mass is 9.99. The van der Waals surface area contributed by atoms with Crippen molar-refractivity contribution in [2.45, 2.75) is 25.7 Å². The highest BCUT2D eigenvalue weighted by Gasteiger charge is 2.14. The van der Waals surface area contributed by atoms with Crippen LogP contribution in [0, 0.1) is 5.92 Å². The minimum absolute atomic E-state index is 0.840. The summed E-state index contributed by atoms with van der Waals surface area (Å²) in [6, 6.07) is 2.16. The molecule has 0 bridgehead atoms. The second-order valence-electron chi connectivity index (χ2n) is 3.96. The second-order valence-corrected chi connectivity index (χ2v) is 5.82. The van der Waals surface area contributed by atoms with Crippen LogP contribution >= 0.6 is 27.3 Å². The van der Waals surface area contributed by atoms with Crippen molar-refractivity contribution in [1.29, 1.82) is 0 Å². The van der Waals surface area contributed by atoms with E-state index in [1.54, 1.807) is 0 Å². The maximum Gasteiger partial charge on any atom is 0.0314 e. The zero-order chi connectivity index (χ0) is 9.80. The van der Waals surface area contributed by atoms with E-state index in [-0.39, 0.29) is 0 Å². The van der Waals surface area contributed by atoms with Crippen molar-refractivity contribution in [2.24, 2.45) is 5.92 Å². The van der Waals surface area contributed by atoms with Gasteiger partial charge < -0.3 is 5.32 Å². The van der Waals surface area contributed by atoms with Gasteiger partial charge in [-0.2, -0.15) is 0 Å². The maximum atomic E-state index is 3.60. The summed E-state index contributed by atoms with van der Waals surface area (Å²) in [6.45, 7) is 2.41. The molecule has 1 aromatic heterocycles. The Hall–Kier alpha value is 0.140. The van der Waals surface area contributed by atoms with Gasteiger partial charge >= 0.3 is 0 Å². The Labute approximate surface area is 98.0 Å². The molecule has 1 unspecified atom stereocenters. The Morgan fingerprint density at radius 1 is 1.50 bits per heavy atom. The first-order valence-electron chi connectivity index (χ1n) is 5.29. The molecular weight excluding hydrogens is 258 g/mol. The third-order valence-corrected chi connectivity index (χ3v) is 4.76. The molecule has 1 saturated heterocycles. The molecule has 1 aromatic rings. The Morgan fingerprint density at radius 2 is 2.43 bits per heavy atom. The maximum absolute atomic E-state index is 3.60. The third-order valence-electron chi connectivity index (χ3n) is 2.81. The molecule has 78 valence electrons. The summed E-state index contributed by atoms with van der Waals surface area (Å²) >= 11 is 5.48. The molecule has 0 radical (unpaired) electrons. The van der Waals surface area contributed by atoms with Crippen molar-refractivity contribution in [1.82, 2.24) is 5.32 Å². The second kappa shape index (κ2) is 5.29. The van der Waals surface area contributed by atoms with E-state index in [9.17, 15) is 0 Å². The zero-order valence-corrected chi connectivity index (χ0v) is 10.7. The van der Waals surface area contributed by atoms with Gasteiger partial charge in [0.1, 0.15) is 0 Å². The predicted molar refractivity (Wildman–Crippen MR) is 65.9 cm³/mol. The SMILES string of the molecule is Brc1ccsc1CC1CCCCNC1. The molecule has 1 atom stereocenters. The molecular formula is C11H16BrNS. The van der Waals surface area contributed by atoms with Crippen LogP contribution in [0.15, 0.2) is 15.9 Å². The molecule has 0 spiro atoms. The molecule has 0 saturated carbocycles. The van der Waals surface area contributed by atoms with Crippen LogP contribution in [0.1, 0.15) is 24.1 Å². The van der Waals surface area contributed by atoms with Gasteiger partial charge in [-0.3, -0.25) is 0 Å². The highest BCUT2D eigenvalue weighted by Crippen LogP contribution is 2.27. The number of halogens is 1. The van der Waals surface area contributed by atoms with E-state index in [1.807, 2.05) is 11.3 Å². The number of thiophene rings is 1. The minimum atomic E-state index is 0.840. The lowest BCUT2D eigenvalue weighted by Gasteiger charge is -2.12. The summed E-state index contributed by atoms with van der Waals surface area (Å²) in [5.41, 5.74) is 0. The highest BCUT2D eigenvalue weighted by atomic mass is 79.9. The van der Waals surface area contributed by atoms with E-state index in [0.717, 1.165) is 5.92 Å². The van der Waals surface area contributed by atoms with Gasteiger partial charge in [-0.05, 0) is 65.6 Å². The zero-order valence-electron chi connectivity index (χ0n) is 8.26. The lowest BCUT2D eigenvalue weighted by molar-refractivity contribution is 0.480. The quantitative estimate of drug-likeness (QED) is 0.871. The highest BCUT2D eigenvalue weighted by molar-refractivity contribution is 9.10. The Bertz CT molecular complexity index is 277. The van der Waals surface area contributed by atoms with Gasteiger partial charge in [-0.15, -0.1) is 11.3 Å².